The highest BCUT2D eigenvalue weighted by Crippen LogP contribution is 2.30. The summed E-state index contributed by atoms with van der Waals surface area (Å²) in [5, 5.41) is 8.44. The lowest BCUT2D eigenvalue weighted by molar-refractivity contribution is 0.0948. The van der Waals surface area contributed by atoms with Gasteiger partial charge in [0.15, 0.2) is 0 Å². The zero-order valence-electron chi connectivity index (χ0n) is 16.3. The molecule has 0 fully saturated rings. The third-order valence-electron chi connectivity index (χ3n) is 4.99. The summed E-state index contributed by atoms with van der Waals surface area (Å²) in [6.45, 7) is 1.60. The maximum absolute atomic E-state index is 12.0. The Morgan fingerprint density at radius 3 is 2.97 bits per heavy atom. The number of nitrogens with zero attached hydrogens (tertiary/aromatic N) is 3. The van der Waals surface area contributed by atoms with Crippen molar-refractivity contribution >= 4 is 28.8 Å². The Hall–Kier alpha value is -2.22. The molecule has 152 valence electrons. The summed E-state index contributed by atoms with van der Waals surface area (Å²) in [6, 6.07) is 8.28. The number of amides is 1. The van der Waals surface area contributed by atoms with Crippen LogP contribution in [0.4, 0.5) is 0 Å². The van der Waals surface area contributed by atoms with Gasteiger partial charge in [-0.05, 0) is 37.0 Å². The predicted octanol–water partition coefficient (Wildman–Crippen LogP) is 3.32. The van der Waals surface area contributed by atoms with Crippen LogP contribution in [0.2, 0.25) is 5.02 Å². The highest BCUT2D eigenvalue weighted by atomic mass is 35.5. The molecule has 3 aromatic rings. The average Bonchev–Trinajstić information content (AvgIpc) is 3.33. The molecule has 2 aromatic heterocycles. The van der Waals surface area contributed by atoms with E-state index in [9.17, 15) is 4.79 Å². The minimum Gasteiger partial charge on any atom is -0.351 e. The zero-order chi connectivity index (χ0) is 20.2. The van der Waals surface area contributed by atoms with Gasteiger partial charge < -0.3 is 15.2 Å². The smallest absolute Gasteiger partial charge is 0.271 e. The lowest BCUT2D eigenvalue weighted by Crippen LogP contribution is -2.30. The molecule has 8 heteroatoms. The van der Waals surface area contributed by atoms with Gasteiger partial charge in [-0.3, -0.25) is 4.79 Å². The molecule has 0 saturated heterocycles. The Balaban J connectivity index is 1.31. The van der Waals surface area contributed by atoms with E-state index >= 15 is 0 Å². The lowest BCUT2D eigenvalue weighted by Gasteiger charge is -2.23. The van der Waals surface area contributed by atoms with Gasteiger partial charge in [-0.1, -0.05) is 23.7 Å². The highest BCUT2D eigenvalue weighted by molar-refractivity contribution is 7.11. The number of hydrogen-bond donors (Lipinski definition) is 2. The molecular weight excluding hydrogens is 406 g/mol. The Kier molecular flexibility index (Phi) is 6.28. The summed E-state index contributed by atoms with van der Waals surface area (Å²) in [7, 11) is 1.85. The van der Waals surface area contributed by atoms with Gasteiger partial charge in [-0.25, -0.2) is 9.97 Å². The van der Waals surface area contributed by atoms with Crippen LogP contribution in [0.25, 0.3) is 0 Å². The SMILES string of the molecule is Cn1cnc(C(=O)NCCCc2nc3c(s2)CCNC3Cc2ccc(Cl)cc2)c1. The van der Waals surface area contributed by atoms with Crippen molar-refractivity contribution in [2.75, 3.05) is 13.1 Å². The van der Waals surface area contributed by atoms with Crippen LogP contribution >= 0.6 is 22.9 Å². The molecule has 0 spiro atoms. The summed E-state index contributed by atoms with van der Waals surface area (Å²) in [4.78, 5) is 22.4. The fraction of sp³-hybridized carbons (Fsp3) is 0.381. The normalized spacial score (nSPS) is 15.9. The minimum atomic E-state index is -0.128. The van der Waals surface area contributed by atoms with E-state index in [2.05, 4.69) is 27.8 Å². The number of halogens is 1. The number of imidazole rings is 1. The summed E-state index contributed by atoms with van der Waals surface area (Å²) >= 11 is 7.81. The molecule has 3 heterocycles. The number of hydrogen-bond acceptors (Lipinski definition) is 5. The summed E-state index contributed by atoms with van der Waals surface area (Å²) in [5.74, 6) is -0.128. The van der Waals surface area contributed by atoms with Gasteiger partial charge in [-0.15, -0.1) is 11.3 Å². The molecule has 1 atom stereocenters. The topological polar surface area (TPSA) is 71.8 Å². The van der Waals surface area contributed by atoms with E-state index < -0.39 is 0 Å². The molecule has 2 N–H and O–H groups in total. The third kappa shape index (κ3) is 5.04. The minimum absolute atomic E-state index is 0.128. The second-order valence-electron chi connectivity index (χ2n) is 7.29. The molecule has 0 bridgehead atoms. The van der Waals surface area contributed by atoms with Crippen LogP contribution in [0.3, 0.4) is 0 Å². The van der Waals surface area contributed by atoms with Gasteiger partial charge in [0.05, 0.1) is 23.1 Å². The van der Waals surface area contributed by atoms with Crippen LogP contribution in [-0.4, -0.2) is 33.5 Å². The molecule has 1 aliphatic heterocycles. The Morgan fingerprint density at radius 2 is 2.21 bits per heavy atom. The van der Waals surface area contributed by atoms with Crippen molar-refractivity contribution in [2.45, 2.75) is 31.7 Å². The lowest BCUT2D eigenvalue weighted by atomic mass is 9.99. The van der Waals surface area contributed by atoms with Crippen LogP contribution < -0.4 is 10.6 Å². The number of carbonyl (C=O) groups excluding carboxylic acids is 1. The van der Waals surface area contributed by atoms with Crippen LogP contribution in [0.15, 0.2) is 36.8 Å². The first-order valence-corrected chi connectivity index (χ1v) is 11.0. The van der Waals surface area contributed by atoms with Crippen LogP contribution in [-0.2, 0) is 26.3 Å². The molecule has 0 saturated carbocycles. The van der Waals surface area contributed by atoms with Gasteiger partial charge in [0, 0.05) is 42.7 Å². The van der Waals surface area contributed by atoms with Gasteiger partial charge >= 0.3 is 0 Å². The summed E-state index contributed by atoms with van der Waals surface area (Å²) in [6.07, 6.45) is 7.02. The Labute approximate surface area is 179 Å². The van der Waals surface area contributed by atoms with E-state index in [-0.39, 0.29) is 11.9 Å². The van der Waals surface area contributed by atoms with E-state index in [1.807, 2.05) is 30.5 Å². The molecule has 1 aromatic carbocycles. The molecule has 1 amide bonds. The maximum Gasteiger partial charge on any atom is 0.271 e. The molecule has 0 aliphatic carbocycles. The zero-order valence-corrected chi connectivity index (χ0v) is 17.9. The molecule has 1 unspecified atom stereocenters. The number of thiazole rings is 1. The van der Waals surface area contributed by atoms with Crippen molar-refractivity contribution in [3.8, 4) is 0 Å². The fourth-order valence-corrected chi connectivity index (χ4v) is 4.81. The maximum atomic E-state index is 12.0. The highest BCUT2D eigenvalue weighted by Gasteiger charge is 2.24. The second kappa shape index (κ2) is 9.07. The third-order valence-corrected chi connectivity index (χ3v) is 6.43. The first-order valence-electron chi connectivity index (χ1n) is 9.81. The van der Waals surface area contributed by atoms with E-state index in [4.69, 9.17) is 16.6 Å². The second-order valence-corrected chi connectivity index (χ2v) is 8.89. The van der Waals surface area contributed by atoms with Gasteiger partial charge in [0.25, 0.3) is 5.91 Å². The van der Waals surface area contributed by atoms with Crippen molar-refractivity contribution in [2.24, 2.45) is 7.05 Å². The van der Waals surface area contributed by atoms with Gasteiger partial charge in [0.1, 0.15) is 5.69 Å². The number of aromatic nitrogens is 3. The van der Waals surface area contributed by atoms with E-state index in [1.54, 1.807) is 17.1 Å². The van der Waals surface area contributed by atoms with E-state index in [0.29, 0.717) is 12.2 Å². The first-order chi connectivity index (χ1) is 14.1. The van der Waals surface area contributed by atoms with Crippen molar-refractivity contribution in [3.63, 3.8) is 0 Å². The number of nitrogens with one attached hydrogen (secondary N) is 2. The number of benzene rings is 1. The molecular formula is C21H24ClN5OS. The standard InChI is InChI=1S/C21H24ClN5OS/c1-27-12-17(25-13-27)21(28)24-9-2-3-19-26-20-16(23-10-8-18(20)29-19)11-14-4-6-15(22)7-5-14/h4-7,12-13,16,23H,2-3,8-11H2,1H3,(H,24,28). The number of aryl methyl sites for hydroxylation is 2. The van der Waals surface area contributed by atoms with Crippen LogP contribution in [0.1, 0.15) is 44.1 Å². The summed E-state index contributed by atoms with van der Waals surface area (Å²) < 4.78 is 1.77. The van der Waals surface area contributed by atoms with Crippen molar-refractivity contribution < 1.29 is 4.79 Å². The van der Waals surface area contributed by atoms with E-state index in [0.717, 1.165) is 42.3 Å². The molecule has 29 heavy (non-hydrogen) atoms. The Bertz CT molecular complexity index is 981. The fourth-order valence-electron chi connectivity index (χ4n) is 3.52. The number of carbonyl (C=O) groups is 1. The monoisotopic (exact) mass is 429 g/mol. The predicted molar refractivity (Wildman–Crippen MR) is 116 cm³/mol. The number of fused-ring (bicyclic) bond motifs is 1. The summed E-state index contributed by atoms with van der Waals surface area (Å²) in [5.41, 5.74) is 2.89. The van der Waals surface area contributed by atoms with Crippen molar-refractivity contribution in [1.29, 1.82) is 0 Å². The van der Waals surface area contributed by atoms with Crippen molar-refractivity contribution in [3.05, 3.63) is 68.6 Å². The number of rotatable bonds is 7. The van der Waals surface area contributed by atoms with Gasteiger partial charge in [-0.2, -0.15) is 0 Å². The van der Waals surface area contributed by atoms with Crippen LogP contribution in [0, 0.1) is 0 Å². The van der Waals surface area contributed by atoms with Crippen LogP contribution in [0.5, 0.6) is 0 Å². The molecule has 6 nitrogen and oxygen atoms in total. The quantitative estimate of drug-likeness (QED) is 0.565. The van der Waals surface area contributed by atoms with Gasteiger partial charge in [0.2, 0.25) is 0 Å². The molecule has 4 rings (SSSR count). The first kappa shape index (κ1) is 20.1. The average molecular weight is 430 g/mol. The largest absolute Gasteiger partial charge is 0.351 e. The van der Waals surface area contributed by atoms with Crippen molar-refractivity contribution in [1.82, 2.24) is 25.2 Å². The molecule has 0 radical (unpaired) electrons. The molecule has 1 aliphatic rings. The Morgan fingerprint density at radius 1 is 1.38 bits per heavy atom. The van der Waals surface area contributed by atoms with E-state index in [1.165, 1.54) is 16.1 Å².